The average Bonchev–Trinajstić information content (AvgIpc) is 2.47. The molecule has 2 aromatic carbocycles. The van der Waals surface area contributed by atoms with Crippen LogP contribution in [0.3, 0.4) is 0 Å². The van der Waals surface area contributed by atoms with E-state index in [1.807, 2.05) is 6.26 Å². The second kappa shape index (κ2) is 6.62. The number of rotatable bonds is 4. The minimum Gasteiger partial charge on any atom is -0.457 e. The van der Waals surface area contributed by atoms with Crippen molar-refractivity contribution < 1.29 is 17.9 Å². The third-order valence-corrected chi connectivity index (χ3v) is 3.84. The van der Waals surface area contributed by atoms with Crippen LogP contribution < -0.4 is 4.74 Å². The molecule has 0 saturated carbocycles. The highest BCUT2D eigenvalue weighted by Crippen LogP contribution is 2.39. The van der Waals surface area contributed by atoms with Crippen molar-refractivity contribution in [1.82, 2.24) is 0 Å². The predicted molar refractivity (Wildman–Crippen MR) is 79.3 cm³/mol. The summed E-state index contributed by atoms with van der Waals surface area (Å²) >= 11 is 7.13. The van der Waals surface area contributed by atoms with Crippen molar-refractivity contribution in [2.24, 2.45) is 0 Å². The molecule has 0 atom stereocenters. The van der Waals surface area contributed by atoms with Crippen LogP contribution in [-0.2, 0) is 12.1 Å². The Morgan fingerprint density at radius 2 is 1.76 bits per heavy atom. The molecule has 0 spiro atoms. The van der Waals surface area contributed by atoms with Gasteiger partial charge in [0, 0.05) is 10.8 Å². The molecular formula is C15H12ClF3OS. The lowest BCUT2D eigenvalue weighted by atomic mass is 10.1. The van der Waals surface area contributed by atoms with E-state index < -0.39 is 11.7 Å². The normalized spacial score (nSPS) is 11.5. The monoisotopic (exact) mass is 332 g/mol. The fourth-order valence-corrected chi connectivity index (χ4v) is 2.32. The van der Waals surface area contributed by atoms with E-state index in [4.69, 9.17) is 16.3 Å². The highest BCUT2D eigenvalue weighted by atomic mass is 35.5. The fraction of sp³-hybridized carbons (Fsp3) is 0.200. The molecule has 0 heterocycles. The molecule has 0 radical (unpaired) electrons. The number of alkyl halides is 4. The quantitative estimate of drug-likeness (QED) is 0.504. The first-order valence-electron chi connectivity index (χ1n) is 6.02. The van der Waals surface area contributed by atoms with Gasteiger partial charge in [0.2, 0.25) is 0 Å². The first-order valence-corrected chi connectivity index (χ1v) is 7.78. The van der Waals surface area contributed by atoms with E-state index in [-0.39, 0.29) is 11.6 Å². The lowest BCUT2D eigenvalue weighted by molar-refractivity contribution is -0.138. The number of hydrogen-bond donors (Lipinski definition) is 0. The number of halogens is 4. The molecule has 0 fully saturated rings. The number of hydrogen-bond acceptors (Lipinski definition) is 2. The van der Waals surface area contributed by atoms with Gasteiger partial charge in [-0.05, 0) is 48.2 Å². The van der Waals surface area contributed by atoms with Gasteiger partial charge < -0.3 is 4.74 Å². The van der Waals surface area contributed by atoms with Gasteiger partial charge in [-0.3, -0.25) is 0 Å². The molecule has 0 bridgehead atoms. The molecule has 0 saturated heterocycles. The van der Waals surface area contributed by atoms with Gasteiger partial charge in [-0.1, -0.05) is 6.07 Å². The molecule has 0 N–H and O–H groups in total. The van der Waals surface area contributed by atoms with E-state index in [0.717, 1.165) is 11.0 Å². The zero-order valence-electron chi connectivity index (χ0n) is 11.1. The van der Waals surface area contributed by atoms with Crippen LogP contribution in [0.15, 0.2) is 47.4 Å². The van der Waals surface area contributed by atoms with Crippen molar-refractivity contribution in [3.05, 3.63) is 53.6 Å². The second-order valence-corrected chi connectivity index (χ2v) is 5.39. The Morgan fingerprint density at radius 1 is 1.10 bits per heavy atom. The van der Waals surface area contributed by atoms with Crippen LogP contribution in [0.5, 0.6) is 11.5 Å². The van der Waals surface area contributed by atoms with E-state index in [2.05, 4.69) is 0 Å². The van der Waals surface area contributed by atoms with Crippen LogP contribution in [0, 0.1) is 0 Å². The predicted octanol–water partition coefficient (Wildman–Crippen LogP) is 5.96. The molecule has 0 aliphatic carbocycles. The molecule has 2 rings (SSSR count). The van der Waals surface area contributed by atoms with Gasteiger partial charge in [-0.15, -0.1) is 23.4 Å². The van der Waals surface area contributed by atoms with Crippen molar-refractivity contribution in [2.75, 3.05) is 6.26 Å². The molecular weight excluding hydrogens is 321 g/mol. The Labute approximate surface area is 130 Å². The van der Waals surface area contributed by atoms with Gasteiger partial charge in [0.1, 0.15) is 11.5 Å². The van der Waals surface area contributed by atoms with Crippen molar-refractivity contribution in [1.29, 1.82) is 0 Å². The topological polar surface area (TPSA) is 9.23 Å². The zero-order chi connectivity index (χ0) is 15.5. The summed E-state index contributed by atoms with van der Waals surface area (Å²) in [6.07, 6.45) is -2.57. The van der Waals surface area contributed by atoms with E-state index >= 15 is 0 Å². The summed E-state index contributed by atoms with van der Waals surface area (Å²) in [5.74, 6) is 0.149. The van der Waals surface area contributed by atoms with Crippen molar-refractivity contribution in [3.63, 3.8) is 0 Å². The SMILES string of the molecule is CSc1ccc(Oc2ccc(CCl)cc2C(F)(F)F)cc1. The van der Waals surface area contributed by atoms with Crippen LogP contribution in [0.2, 0.25) is 0 Å². The summed E-state index contributed by atoms with van der Waals surface area (Å²) in [6, 6.07) is 10.7. The summed E-state index contributed by atoms with van der Waals surface area (Å²) in [4.78, 5) is 1.01. The standard InChI is InChI=1S/C15H12ClF3OS/c1-21-12-5-3-11(4-6-12)20-14-7-2-10(9-16)8-13(14)15(17,18)19/h2-8H,9H2,1H3. The Balaban J connectivity index is 2.34. The van der Waals surface area contributed by atoms with E-state index in [9.17, 15) is 13.2 Å². The fourth-order valence-electron chi connectivity index (χ4n) is 1.74. The highest BCUT2D eigenvalue weighted by Gasteiger charge is 2.34. The summed E-state index contributed by atoms with van der Waals surface area (Å²) in [7, 11) is 0. The van der Waals surface area contributed by atoms with Crippen molar-refractivity contribution in [2.45, 2.75) is 17.0 Å². The van der Waals surface area contributed by atoms with Gasteiger partial charge in [-0.2, -0.15) is 13.2 Å². The van der Waals surface area contributed by atoms with Crippen LogP contribution in [0.1, 0.15) is 11.1 Å². The Hall–Kier alpha value is -1.33. The van der Waals surface area contributed by atoms with E-state index in [0.29, 0.717) is 11.3 Å². The molecule has 1 nitrogen and oxygen atoms in total. The maximum absolute atomic E-state index is 13.1. The van der Waals surface area contributed by atoms with Crippen molar-refractivity contribution in [3.8, 4) is 11.5 Å². The molecule has 0 aromatic heterocycles. The lowest BCUT2D eigenvalue weighted by Crippen LogP contribution is -2.07. The van der Waals surface area contributed by atoms with Gasteiger partial charge in [0.25, 0.3) is 0 Å². The van der Waals surface area contributed by atoms with Crippen LogP contribution in [0.25, 0.3) is 0 Å². The van der Waals surface area contributed by atoms with Gasteiger partial charge in [0.15, 0.2) is 0 Å². The van der Waals surface area contributed by atoms with E-state index in [1.54, 1.807) is 36.0 Å². The molecule has 21 heavy (non-hydrogen) atoms. The number of ether oxygens (including phenoxy) is 1. The average molecular weight is 333 g/mol. The first kappa shape index (κ1) is 16.0. The van der Waals surface area contributed by atoms with Crippen LogP contribution >= 0.6 is 23.4 Å². The maximum atomic E-state index is 13.1. The smallest absolute Gasteiger partial charge is 0.419 e. The molecule has 0 amide bonds. The molecule has 2 aromatic rings. The lowest BCUT2D eigenvalue weighted by Gasteiger charge is -2.15. The molecule has 6 heteroatoms. The minimum absolute atomic E-state index is 0.0196. The summed E-state index contributed by atoms with van der Waals surface area (Å²) in [5, 5.41) is 0. The number of benzene rings is 2. The minimum atomic E-state index is -4.49. The highest BCUT2D eigenvalue weighted by molar-refractivity contribution is 7.98. The van der Waals surface area contributed by atoms with Crippen molar-refractivity contribution >= 4 is 23.4 Å². The molecule has 0 unspecified atom stereocenters. The Morgan fingerprint density at radius 3 is 2.29 bits per heavy atom. The summed E-state index contributed by atoms with van der Waals surface area (Å²) in [6.45, 7) is 0. The van der Waals surface area contributed by atoms with Crippen LogP contribution in [-0.4, -0.2) is 6.26 Å². The van der Waals surface area contributed by atoms with E-state index in [1.165, 1.54) is 12.1 Å². The molecule has 0 aliphatic rings. The largest absolute Gasteiger partial charge is 0.457 e. The maximum Gasteiger partial charge on any atom is 0.419 e. The van der Waals surface area contributed by atoms with Gasteiger partial charge in [-0.25, -0.2) is 0 Å². The summed E-state index contributed by atoms with van der Waals surface area (Å²) in [5.41, 5.74) is -0.427. The Bertz CT molecular complexity index is 611. The third kappa shape index (κ3) is 4.08. The third-order valence-electron chi connectivity index (χ3n) is 2.79. The number of thioether (sulfide) groups is 1. The van der Waals surface area contributed by atoms with Gasteiger partial charge >= 0.3 is 6.18 Å². The molecule has 112 valence electrons. The first-order chi connectivity index (χ1) is 9.94. The molecule has 0 aliphatic heterocycles. The second-order valence-electron chi connectivity index (χ2n) is 4.24. The zero-order valence-corrected chi connectivity index (χ0v) is 12.6. The summed E-state index contributed by atoms with van der Waals surface area (Å²) < 4.78 is 44.5. The van der Waals surface area contributed by atoms with Gasteiger partial charge in [0.05, 0.1) is 5.56 Å². The Kier molecular flexibility index (Phi) is 5.06. The van der Waals surface area contributed by atoms with Crippen LogP contribution in [0.4, 0.5) is 13.2 Å².